The minimum absolute atomic E-state index is 0.0184. The first kappa shape index (κ1) is 15.0. The van der Waals surface area contributed by atoms with Crippen molar-refractivity contribution in [1.82, 2.24) is 0 Å². The summed E-state index contributed by atoms with van der Waals surface area (Å²) in [6.45, 7) is 0. The van der Waals surface area contributed by atoms with Crippen LogP contribution in [0, 0.1) is 20.2 Å². The van der Waals surface area contributed by atoms with Gasteiger partial charge in [0.2, 0.25) is 0 Å². The lowest BCUT2D eigenvalue weighted by Gasteiger charge is -2.23. The number of nitrogens with two attached hydrogens (primary N) is 2. The molecule has 0 aromatic heterocycles. The average Bonchev–Trinajstić information content (AvgIpc) is 2.47. The largest absolute Gasteiger partial charge is 0.393 e. The molecule has 0 bridgehead atoms. The predicted octanol–water partition coefficient (Wildman–Crippen LogP) is 2.69. The fourth-order valence-electron chi connectivity index (χ4n) is 2.77. The normalized spacial score (nSPS) is 13.2. The van der Waals surface area contributed by atoms with Crippen molar-refractivity contribution >= 4 is 39.1 Å². The summed E-state index contributed by atoms with van der Waals surface area (Å²) in [6, 6.07) is 6.36. The van der Waals surface area contributed by atoms with E-state index in [2.05, 4.69) is 5.87 Å². The summed E-state index contributed by atoms with van der Waals surface area (Å²) in [7, 11) is -1.12. The maximum Gasteiger partial charge on any atom is 0.305 e. The van der Waals surface area contributed by atoms with Gasteiger partial charge < -0.3 is 11.5 Å². The molecule has 0 spiro atoms. The van der Waals surface area contributed by atoms with Gasteiger partial charge in [-0.05, 0) is 23.3 Å². The van der Waals surface area contributed by atoms with Crippen molar-refractivity contribution in [1.29, 1.82) is 0 Å². The first-order valence-electron chi connectivity index (χ1n) is 6.48. The highest BCUT2D eigenvalue weighted by Crippen LogP contribution is 2.53. The van der Waals surface area contributed by atoms with Gasteiger partial charge in [0.05, 0.1) is 19.6 Å². The number of benzene rings is 2. The van der Waals surface area contributed by atoms with Crippen LogP contribution in [-0.4, -0.2) is 15.7 Å². The molecule has 4 N–H and O–H groups in total. The minimum atomic E-state index is -1.12. The van der Waals surface area contributed by atoms with Crippen LogP contribution in [0.1, 0.15) is 11.1 Å². The summed E-state index contributed by atoms with van der Waals surface area (Å²) in [5.41, 5.74) is 12.4. The molecule has 2 aromatic rings. The summed E-state index contributed by atoms with van der Waals surface area (Å²) < 4.78 is 0. The Morgan fingerprint density at radius 1 is 0.913 bits per heavy atom. The fraction of sp³-hybridized carbons (Fsp3) is 0.0714. The quantitative estimate of drug-likeness (QED) is 0.320. The van der Waals surface area contributed by atoms with Crippen molar-refractivity contribution in [2.45, 2.75) is 16.2 Å². The van der Waals surface area contributed by atoms with E-state index in [9.17, 15) is 20.2 Å². The fourth-order valence-corrected chi connectivity index (χ4v) is 4.74. The Balaban J connectivity index is 2.36. The van der Waals surface area contributed by atoms with E-state index >= 15 is 0 Å². The van der Waals surface area contributed by atoms with Gasteiger partial charge >= 0.3 is 11.4 Å². The van der Waals surface area contributed by atoms with E-state index in [4.69, 9.17) is 11.5 Å². The zero-order valence-corrected chi connectivity index (χ0v) is 12.6. The Kier molecular flexibility index (Phi) is 3.29. The number of hydrogen-bond donors (Lipinski definition) is 2. The van der Waals surface area contributed by atoms with Gasteiger partial charge in [0.25, 0.3) is 0 Å². The number of rotatable bonds is 2. The molecule has 1 aliphatic heterocycles. The standard InChI is InChI=1S/C14H12N4O4S/c1-23-13-7(2-4-9(15)11(13)17(19)20)6-8-3-5-10(16)12(14(8)23)18(21)22/h2-5H,1,6,15-16H2. The Hall–Kier alpha value is -2.94. The Morgan fingerprint density at radius 2 is 1.30 bits per heavy atom. The lowest BCUT2D eigenvalue weighted by atomic mass is 10.0. The molecule has 0 saturated heterocycles. The molecule has 0 amide bonds. The van der Waals surface area contributed by atoms with E-state index in [1.807, 2.05) is 0 Å². The molecule has 0 radical (unpaired) electrons. The molecule has 2 aromatic carbocycles. The summed E-state index contributed by atoms with van der Waals surface area (Å²) in [4.78, 5) is 22.3. The van der Waals surface area contributed by atoms with Gasteiger partial charge in [-0.1, -0.05) is 18.0 Å². The van der Waals surface area contributed by atoms with Crippen molar-refractivity contribution in [2.75, 3.05) is 11.5 Å². The highest BCUT2D eigenvalue weighted by Gasteiger charge is 2.33. The molecule has 0 atom stereocenters. The van der Waals surface area contributed by atoms with E-state index in [0.29, 0.717) is 27.3 Å². The van der Waals surface area contributed by atoms with Crippen LogP contribution in [0.15, 0.2) is 34.1 Å². The second-order valence-corrected chi connectivity index (χ2v) is 6.66. The molecule has 118 valence electrons. The van der Waals surface area contributed by atoms with Crippen molar-refractivity contribution in [3.63, 3.8) is 0 Å². The third-order valence-electron chi connectivity index (χ3n) is 3.73. The molecule has 0 fully saturated rings. The van der Waals surface area contributed by atoms with Crippen LogP contribution in [-0.2, 0) is 6.42 Å². The third kappa shape index (κ3) is 2.13. The van der Waals surface area contributed by atoms with Crippen LogP contribution in [0.25, 0.3) is 0 Å². The topological polar surface area (TPSA) is 138 Å². The van der Waals surface area contributed by atoms with E-state index in [1.165, 1.54) is 12.1 Å². The maximum absolute atomic E-state index is 11.4. The summed E-state index contributed by atoms with van der Waals surface area (Å²) >= 11 is 0. The van der Waals surface area contributed by atoms with Gasteiger partial charge in [0.1, 0.15) is 11.4 Å². The Morgan fingerprint density at radius 3 is 1.65 bits per heavy atom. The van der Waals surface area contributed by atoms with Crippen molar-refractivity contribution in [3.05, 3.63) is 55.6 Å². The van der Waals surface area contributed by atoms with Gasteiger partial charge in [0.15, 0.2) is 0 Å². The SMILES string of the molecule is C=S1c2c(ccc(N)c2[N+](=O)[O-])Cc2ccc(N)c([N+](=O)[O-])c21. The highest BCUT2D eigenvalue weighted by molar-refractivity contribution is 8.14. The van der Waals surface area contributed by atoms with Gasteiger partial charge in [0, 0.05) is 6.42 Å². The molecule has 8 nitrogen and oxygen atoms in total. The lowest BCUT2D eigenvalue weighted by Crippen LogP contribution is -2.09. The number of nitrogen functional groups attached to an aromatic ring is 2. The molecule has 0 saturated carbocycles. The van der Waals surface area contributed by atoms with Crippen LogP contribution in [0.4, 0.5) is 22.7 Å². The zero-order valence-electron chi connectivity index (χ0n) is 11.8. The molecule has 23 heavy (non-hydrogen) atoms. The molecule has 0 unspecified atom stereocenters. The molecule has 0 aliphatic carbocycles. The van der Waals surface area contributed by atoms with Crippen LogP contribution in [0.3, 0.4) is 0 Å². The summed E-state index contributed by atoms with van der Waals surface area (Å²) in [5, 5.41) is 22.8. The molecule has 9 heteroatoms. The second-order valence-electron chi connectivity index (χ2n) is 5.07. The Labute approximate surface area is 132 Å². The van der Waals surface area contributed by atoms with Crippen LogP contribution in [0.2, 0.25) is 0 Å². The number of fused-ring (bicyclic) bond motifs is 2. The number of nitrogens with zero attached hydrogens (tertiary/aromatic N) is 2. The summed E-state index contributed by atoms with van der Waals surface area (Å²) in [5.74, 6) is 3.96. The average molecular weight is 332 g/mol. The van der Waals surface area contributed by atoms with Gasteiger partial charge in [-0.15, -0.1) is 10.5 Å². The monoisotopic (exact) mass is 332 g/mol. The minimum Gasteiger partial charge on any atom is -0.393 e. The maximum atomic E-state index is 11.4. The van der Waals surface area contributed by atoms with Crippen molar-refractivity contribution < 1.29 is 9.85 Å². The van der Waals surface area contributed by atoms with Gasteiger partial charge in [-0.25, -0.2) is 0 Å². The van der Waals surface area contributed by atoms with Gasteiger partial charge in [-0.3, -0.25) is 20.2 Å². The van der Waals surface area contributed by atoms with Crippen LogP contribution >= 0.6 is 10.5 Å². The molecular weight excluding hydrogens is 320 g/mol. The lowest BCUT2D eigenvalue weighted by molar-refractivity contribution is -0.387. The van der Waals surface area contributed by atoms with E-state index in [1.54, 1.807) is 12.1 Å². The van der Waals surface area contributed by atoms with Crippen molar-refractivity contribution in [2.24, 2.45) is 0 Å². The number of hydrogen-bond acceptors (Lipinski definition) is 6. The number of anilines is 2. The van der Waals surface area contributed by atoms with Crippen LogP contribution < -0.4 is 11.5 Å². The first-order chi connectivity index (χ1) is 10.8. The van der Waals surface area contributed by atoms with E-state index < -0.39 is 20.3 Å². The third-order valence-corrected chi connectivity index (χ3v) is 5.62. The molecular formula is C14H12N4O4S. The number of nitro benzene ring substituents is 2. The predicted molar refractivity (Wildman–Crippen MR) is 89.1 cm³/mol. The molecule has 3 rings (SSSR count). The van der Waals surface area contributed by atoms with E-state index in [0.717, 1.165) is 0 Å². The molecule has 1 heterocycles. The van der Waals surface area contributed by atoms with Crippen molar-refractivity contribution in [3.8, 4) is 0 Å². The molecule has 1 aliphatic rings. The smallest absolute Gasteiger partial charge is 0.305 e. The Bertz CT molecular complexity index is 839. The first-order valence-corrected chi connectivity index (χ1v) is 7.87. The second kappa shape index (κ2) is 5.06. The number of nitro groups is 2. The summed E-state index contributed by atoms with van der Waals surface area (Å²) in [6.07, 6.45) is 0.339. The zero-order chi connectivity index (χ0) is 16.9. The van der Waals surface area contributed by atoms with Gasteiger partial charge in [-0.2, -0.15) is 0 Å². The van der Waals surface area contributed by atoms with E-state index in [-0.39, 0.29) is 22.7 Å². The highest BCUT2D eigenvalue weighted by atomic mass is 32.2. The van der Waals surface area contributed by atoms with Crippen LogP contribution in [0.5, 0.6) is 0 Å².